The normalized spacial score (nSPS) is 16.0. The van der Waals surface area contributed by atoms with Crippen LogP contribution in [0.5, 0.6) is 0 Å². The number of amides is 1. The number of likely N-dealkylation sites (tertiary alicyclic amines) is 1. The highest BCUT2D eigenvalue weighted by atomic mass is 32.2. The molecule has 6 nitrogen and oxygen atoms in total. The van der Waals surface area contributed by atoms with Crippen LogP contribution in [-0.2, 0) is 4.74 Å². The Morgan fingerprint density at radius 2 is 2.18 bits per heavy atom. The number of carbonyl (C=O) groups excluding carboxylic acids is 1. The standard InChI is InChI=1S/C15H28N4O2S/c1-6-8-22-9-7-17-13(16-5)18-12-10-19(11-12)14(20)21-15(2,3)4/h6,12H,1,7-11H2,2-5H3,(H2,16,17,18). The maximum absolute atomic E-state index is 11.8. The molecule has 1 aliphatic heterocycles. The molecule has 22 heavy (non-hydrogen) atoms. The molecule has 0 aromatic rings. The molecule has 0 aromatic carbocycles. The van der Waals surface area contributed by atoms with E-state index < -0.39 is 5.60 Å². The lowest BCUT2D eigenvalue weighted by molar-refractivity contribution is 0.00701. The monoisotopic (exact) mass is 328 g/mol. The maximum Gasteiger partial charge on any atom is 0.410 e. The first-order chi connectivity index (χ1) is 10.4. The molecule has 2 N–H and O–H groups in total. The second-order valence-electron chi connectivity index (χ2n) is 6.09. The van der Waals surface area contributed by atoms with Crippen LogP contribution in [0.2, 0.25) is 0 Å². The minimum absolute atomic E-state index is 0.222. The van der Waals surface area contributed by atoms with E-state index in [0.29, 0.717) is 13.1 Å². The van der Waals surface area contributed by atoms with Crippen molar-refractivity contribution in [2.24, 2.45) is 4.99 Å². The predicted octanol–water partition coefficient (Wildman–Crippen LogP) is 1.69. The molecule has 126 valence electrons. The molecule has 1 saturated heterocycles. The van der Waals surface area contributed by atoms with Crippen molar-refractivity contribution in [2.75, 3.05) is 38.2 Å². The Hall–Kier alpha value is -1.37. The zero-order chi connectivity index (χ0) is 16.6. The summed E-state index contributed by atoms with van der Waals surface area (Å²) in [4.78, 5) is 17.7. The number of rotatable bonds is 6. The first-order valence-electron chi connectivity index (χ1n) is 7.49. The average molecular weight is 328 g/mol. The Kier molecular flexibility index (Phi) is 7.58. The summed E-state index contributed by atoms with van der Waals surface area (Å²) in [6, 6.07) is 0.222. The number of aliphatic imine (C=N–C) groups is 1. The SMILES string of the molecule is C=CCSCCNC(=NC)NC1CN(C(=O)OC(C)(C)C)C1. The van der Waals surface area contributed by atoms with Gasteiger partial charge in [0.25, 0.3) is 0 Å². The molecule has 7 heteroatoms. The van der Waals surface area contributed by atoms with E-state index in [-0.39, 0.29) is 12.1 Å². The van der Waals surface area contributed by atoms with Crippen LogP contribution in [0.15, 0.2) is 17.6 Å². The number of nitrogens with zero attached hydrogens (tertiary/aromatic N) is 2. The number of guanidine groups is 1. The van der Waals surface area contributed by atoms with Gasteiger partial charge in [-0.1, -0.05) is 6.08 Å². The Labute approximate surface area is 137 Å². The Balaban J connectivity index is 2.20. The molecule has 1 heterocycles. The lowest BCUT2D eigenvalue weighted by Crippen LogP contribution is -2.63. The summed E-state index contributed by atoms with van der Waals surface area (Å²) in [5.74, 6) is 2.73. The molecule has 1 aliphatic rings. The van der Waals surface area contributed by atoms with E-state index in [1.165, 1.54) is 0 Å². The fraction of sp³-hybridized carbons (Fsp3) is 0.733. The third kappa shape index (κ3) is 7.06. The van der Waals surface area contributed by atoms with Crippen molar-refractivity contribution in [3.8, 4) is 0 Å². The third-order valence-corrected chi connectivity index (χ3v) is 3.84. The second-order valence-corrected chi connectivity index (χ2v) is 7.24. The largest absolute Gasteiger partial charge is 0.444 e. The molecular formula is C15H28N4O2S. The number of thioether (sulfide) groups is 1. The van der Waals surface area contributed by atoms with E-state index in [0.717, 1.165) is 24.0 Å². The third-order valence-electron chi connectivity index (χ3n) is 2.87. The van der Waals surface area contributed by atoms with Gasteiger partial charge in [-0.05, 0) is 20.8 Å². The number of ether oxygens (including phenoxy) is 1. The van der Waals surface area contributed by atoms with Gasteiger partial charge in [0.1, 0.15) is 5.60 Å². The van der Waals surface area contributed by atoms with Gasteiger partial charge in [-0.3, -0.25) is 4.99 Å². The van der Waals surface area contributed by atoms with E-state index in [1.54, 1.807) is 11.9 Å². The van der Waals surface area contributed by atoms with E-state index in [4.69, 9.17) is 4.74 Å². The van der Waals surface area contributed by atoms with E-state index in [2.05, 4.69) is 22.2 Å². The quantitative estimate of drug-likeness (QED) is 0.336. The van der Waals surface area contributed by atoms with Crippen LogP contribution in [0.4, 0.5) is 4.79 Å². The lowest BCUT2D eigenvalue weighted by atomic mass is 10.1. The molecule has 0 aromatic heterocycles. The molecule has 1 rings (SSSR count). The Morgan fingerprint density at radius 3 is 2.73 bits per heavy atom. The molecule has 0 radical (unpaired) electrons. The summed E-state index contributed by atoms with van der Waals surface area (Å²) in [7, 11) is 1.75. The first kappa shape index (κ1) is 18.7. The minimum atomic E-state index is -0.448. The fourth-order valence-corrected chi connectivity index (χ4v) is 2.42. The molecule has 1 fully saturated rings. The van der Waals surface area contributed by atoms with Crippen LogP contribution in [0, 0.1) is 0 Å². The second kappa shape index (κ2) is 8.92. The predicted molar refractivity (Wildman–Crippen MR) is 93.6 cm³/mol. The van der Waals surface area contributed by atoms with Crippen LogP contribution in [-0.4, -0.2) is 66.8 Å². The van der Waals surface area contributed by atoms with E-state index in [9.17, 15) is 4.79 Å². The van der Waals surface area contributed by atoms with Crippen LogP contribution < -0.4 is 10.6 Å². The summed E-state index contributed by atoms with van der Waals surface area (Å²) in [5.41, 5.74) is -0.448. The van der Waals surface area contributed by atoms with Gasteiger partial charge in [0.2, 0.25) is 0 Å². The van der Waals surface area contributed by atoms with E-state index in [1.807, 2.05) is 38.6 Å². The van der Waals surface area contributed by atoms with Gasteiger partial charge in [-0.2, -0.15) is 11.8 Å². The van der Waals surface area contributed by atoms with Crippen molar-refractivity contribution in [1.82, 2.24) is 15.5 Å². The molecule has 0 bridgehead atoms. The van der Waals surface area contributed by atoms with Crippen LogP contribution in [0.1, 0.15) is 20.8 Å². The van der Waals surface area contributed by atoms with Gasteiger partial charge in [0, 0.05) is 38.2 Å². The van der Waals surface area contributed by atoms with Crippen LogP contribution in [0.3, 0.4) is 0 Å². The van der Waals surface area contributed by atoms with Crippen molar-refractivity contribution in [1.29, 1.82) is 0 Å². The van der Waals surface area contributed by atoms with Gasteiger partial charge in [-0.25, -0.2) is 4.79 Å². The van der Waals surface area contributed by atoms with Crippen molar-refractivity contribution in [3.63, 3.8) is 0 Å². The number of hydrogen-bond acceptors (Lipinski definition) is 4. The summed E-state index contributed by atoms with van der Waals surface area (Å²) in [6.07, 6.45) is 1.64. The molecule has 1 amide bonds. The highest BCUT2D eigenvalue weighted by Gasteiger charge is 2.34. The fourth-order valence-electron chi connectivity index (χ4n) is 1.84. The van der Waals surface area contributed by atoms with Crippen molar-refractivity contribution in [3.05, 3.63) is 12.7 Å². The molecule has 0 aliphatic carbocycles. The molecule has 0 spiro atoms. The summed E-state index contributed by atoms with van der Waals surface area (Å²) in [6.45, 7) is 11.4. The Morgan fingerprint density at radius 1 is 1.50 bits per heavy atom. The van der Waals surface area contributed by atoms with Gasteiger partial charge in [-0.15, -0.1) is 6.58 Å². The summed E-state index contributed by atoms with van der Waals surface area (Å²) in [5, 5.41) is 6.56. The lowest BCUT2D eigenvalue weighted by Gasteiger charge is -2.40. The van der Waals surface area contributed by atoms with Gasteiger partial charge in [0.05, 0.1) is 6.04 Å². The zero-order valence-corrected chi connectivity index (χ0v) is 14.8. The highest BCUT2D eigenvalue weighted by Crippen LogP contribution is 2.15. The Bertz CT molecular complexity index is 401. The topological polar surface area (TPSA) is 66.0 Å². The zero-order valence-electron chi connectivity index (χ0n) is 14.0. The molecule has 0 atom stereocenters. The number of carbonyl (C=O) groups is 1. The van der Waals surface area contributed by atoms with Crippen molar-refractivity contribution in [2.45, 2.75) is 32.4 Å². The maximum atomic E-state index is 11.8. The summed E-state index contributed by atoms with van der Waals surface area (Å²) >= 11 is 1.82. The van der Waals surface area contributed by atoms with Crippen molar-refractivity contribution >= 4 is 23.8 Å². The number of hydrogen-bond donors (Lipinski definition) is 2. The van der Waals surface area contributed by atoms with Gasteiger partial charge >= 0.3 is 6.09 Å². The van der Waals surface area contributed by atoms with Crippen LogP contribution in [0.25, 0.3) is 0 Å². The molecular weight excluding hydrogens is 300 g/mol. The van der Waals surface area contributed by atoms with Crippen molar-refractivity contribution < 1.29 is 9.53 Å². The minimum Gasteiger partial charge on any atom is -0.444 e. The van der Waals surface area contributed by atoms with Gasteiger partial charge in [0.15, 0.2) is 5.96 Å². The van der Waals surface area contributed by atoms with Gasteiger partial charge < -0.3 is 20.3 Å². The highest BCUT2D eigenvalue weighted by molar-refractivity contribution is 7.99. The van der Waals surface area contributed by atoms with E-state index >= 15 is 0 Å². The molecule has 0 saturated carbocycles. The summed E-state index contributed by atoms with van der Waals surface area (Å²) < 4.78 is 5.33. The number of nitrogens with one attached hydrogen (secondary N) is 2. The average Bonchev–Trinajstić information content (AvgIpc) is 2.37. The van der Waals surface area contributed by atoms with Crippen LogP contribution >= 0.6 is 11.8 Å². The first-order valence-corrected chi connectivity index (χ1v) is 8.65. The molecule has 0 unspecified atom stereocenters. The smallest absolute Gasteiger partial charge is 0.410 e.